The highest BCUT2D eigenvalue weighted by Crippen LogP contribution is 2.28. The molecule has 5 heteroatoms. The van der Waals surface area contributed by atoms with Crippen LogP contribution in [-0.2, 0) is 9.59 Å². The second-order valence-electron chi connectivity index (χ2n) is 5.36. The molecule has 5 nitrogen and oxygen atoms in total. The second-order valence-corrected chi connectivity index (χ2v) is 5.36. The Morgan fingerprint density at radius 3 is 2.53 bits per heavy atom. The summed E-state index contributed by atoms with van der Waals surface area (Å²) in [5.74, 6) is -0.722. The quantitative estimate of drug-likeness (QED) is 0.562. The van der Waals surface area contributed by atoms with Crippen molar-refractivity contribution in [3.63, 3.8) is 0 Å². The first-order valence-electron chi connectivity index (χ1n) is 6.84. The van der Waals surface area contributed by atoms with E-state index in [0.717, 1.165) is 44.2 Å². The van der Waals surface area contributed by atoms with Crippen LogP contribution < -0.4 is 5.32 Å². The molecule has 0 unspecified atom stereocenters. The number of hydrogen-bond acceptors (Lipinski definition) is 3. The molecule has 1 aliphatic carbocycles. The SMILES string of the molecule is CN(C)CCCNC(=O)C1CCC(=CC(=O)O)CC1. The number of carboxylic acid groups (broad SMARTS) is 1. The molecule has 1 fully saturated rings. The summed E-state index contributed by atoms with van der Waals surface area (Å²) in [5, 5.41) is 11.6. The Morgan fingerprint density at radius 2 is 2.00 bits per heavy atom. The third kappa shape index (κ3) is 6.38. The molecule has 1 rings (SSSR count). The molecule has 108 valence electrons. The average Bonchev–Trinajstić information content (AvgIpc) is 2.34. The first-order valence-corrected chi connectivity index (χ1v) is 6.84. The van der Waals surface area contributed by atoms with Crippen molar-refractivity contribution in [3.05, 3.63) is 11.6 Å². The summed E-state index contributed by atoms with van der Waals surface area (Å²) in [4.78, 5) is 24.6. The number of allylic oxidation sites excluding steroid dienone is 1. The summed E-state index contributed by atoms with van der Waals surface area (Å²) >= 11 is 0. The van der Waals surface area contributed by atoms with Gasteiger partial charge in [-0.15, -0.1) is 0 Å². The summed E-state index contributed by atoms with van der Waals surface area (Å²) in [6, 6.07) is 0. The van der Waals surface area contributed by atoms with E-state index in [1.807, 2.05) is 14.1 Å². The van der Waals surface area contributed by atoms with Gasteiger partial charge < -0.3 is 15.3 Å². The van der Waals surface area contributed by atoms with E-state index in [-0.39, 0.29) is 11.8 Å². The van der Waals surface area contributed by atoms with Gasteiger partial charge in [-0.05, 0) is 52.7 Å². The van der Waals surface area contributed by atoms with Crippen LogP contribution in [0.3, 0.4) is 0 Å². The zero-order chi connectivity index (χ0) is 14.3. The average molecular weight is 268 g/mol. The van der Waals surface area contributed by atoms with Crippen LogP contribution >= 0.6 is 0 Å². The lowest BCUT2D eigenvalue weighted by Gasteiger charge is -2.23. The van der Waals surface area contributed by atoms with Gasteiger partial charge in [-0.25, -0.2) is 4.79 Å². The topological polar surface area (TPSA) is 69.6 Å². The maximum atomic E-state index is 11.9. The summed E-state index contributed by atoms with van der Waals surface area (Å²) < 4.78 is 0. The Hall–Kier alpha value is -1.36. The van der Waals surface area contributed by atoms with Crippen molar-refractivity contribution in [1.29, 1.82) is 0 Å². The van der Waals surface area contributed by atoms with E-state index in [4.69, 9.17) is 5.11 Å². The van der Waals surface area contributed by atoms with Crippen LogP contribution in [0.4, 0.5) is 0 Å². The normalized spacial score (nSPS) is 19.3. The molecule has 0 spiro atoms. The van der Waals surface area contributed by atoms with Gasteiger partial charge in [0.1, 0.15) is 0 Å². The highest BCUT2D eigenvalue weighted by atomic mass is 16.4. The molecule has 1 saturated carbocycles. The highest BCUT2D eigenvalue weighted by Gasteiger charge is 2.23. The molecule has 0 saturated heterocycles. The lowest BCUT2D eigenvalue weighted by molar-refractivity contribution is -0.131. The van der Waals surface area contributed by atoms with E-state index >= 15 is 0 Å². The zero-order valence-electron chi connectivity index (χ0n) is 11.8. The van der Waals surface area contributed by atoms with Crippen molar-refractivity contribution in [2.45, 2.75) is 32.1 Å². The number of nitrogens with zero attached hydrogens (tertiary/aromatic N) is 1. The lowest BCUT2D eigenvalue weighted by Crippen LogP contribution is -2.33. The van der Waals surface area contributed by atoms with E-state index in [0.29, 0.717) is 6.54 Å². The largest absolute Gasteiger partial charge is 0.478 e. The molecule has 0 aliphatic heterocycles. The molecule has 0 radical (unpaired) electrons. The summed E-state index contributed by atoms with van der Waals surface area (Å²) in [5.41, 5.74) is 0.948. The van der Waals surface area contributed by atoms with Crippen LogP contribution in [0.15, 0.2) is 11.6 Å². The smallest absolute Gasteiger partial charge is 0.328 e. The minimum absolute atomic E-state index is 0.0466. The first kappa shape index (κ1) is 15.7. The predicted octanol–water partition coefficient (Wildman–Crippen LogP) is 1.26. The van der Waals surface area contributed by atoms with E-state index < -0.39 is 5.97 Å². The Morgan fingerprint density at radius 1 is 1.37 bits per heavy atom. The lowest BCUT2D eigenvalue weighted by atomic mass is 9.85. The van der Waals surface area contributed by atoms with Gasteiger partial charge in [-0.1, -0.05) is 5.57 Å². The van der Waals surface area contributed by atoms with Crippen LogP contribution in [0.5, 0.6) is 0 Å². The monoisotopic (exact) mass is 268 g/mol. The number of nitrogens with one attached hydrogen (secondary N) is 1. The van der Waals surface area contributed by atoms with Gasteiger partial charge >= 0.3 is 5.97 Å². The van der Waals surface area contributed by atoms with Gasteiger partial charge in [0.2, 0.25) is 5.91 Å². The molecule has 0 atom stereocenters. The zero-order valence-corrected chi connectivity index (χ0v) is 11.8. The number of carbonyl (C=O) groups is 2. The molecule has 19 heavy (non-hydrogen) atoms. The maximum Gasteiger partial charge on any atom is 0.328 e. The molecule has 0 heterocycles. The molecule has 0 aromatic heterocycles. The summed E-state index contributed by atoms with van der Waals surface area (Å²) in [6.07, 6.45) is 5.21. The summed E-state index contributed by atoms with van der Waals surface area (Å²) in [7, 11) is 4.03. The molecular weight excluding hydrogens is 244 g/mol. The highest BCUT2D eigenvalue weighted by molar-refractivity contribution is 5.81. The number of hydrogen-bond donors (Lipinski definition) is 2. The van der Waals surface area contributed by atoms with Crippen molar-refractivity contribution in [1.82, 2.24) is 10.2 Å². The van der Waals surface area contributed by atoms with Gasteiger partial charge in [0.25, 0.3) is 0 Å². The van der Waals surface area contributed by atoms with E-state index in [1.165, 1.54) is 6.08 Å². The van der Waals surface area contributed by atoms with Crippen molar-refractivity contribution in [2.24, 2.45) is 5.92 Å². The fourth-order valence-electron chi connectivity index (χ4n) is 2.32. The number of carboxylic acids is 1. The Bertz CT molecular complexity index is 341. The number of aliphatic carboxylic acids is 1. The number of carbonyl (C=O) groups excluding carboxylic acids is 1. The van der Waals surface area contributed by atoms with Crippen molar-refractivity contribution >= 4 is 11.9 Å². The first-order chi connectivity index (χ1) is 8.99. The number of rotatable bonds is 6. The Balaban J connectivity index is 2.23. The third-order valence-corrected chi connectivity index (χ3v) is 3.41. The van der Waals surface area contributed by atoms with Gasteiger partial charge in [0, 0.05) is 18.5 Å². The fraction of sp³-hybridized carbons (Fsp3) is 0.714. The Labute approximate surface area is 114 Å². The van der Waals surface area contributed by atoms with Gasteiger partial charge in [0.05, 0.1) is 0 Å². The fourth-order valence-corrected chi connectivity index (χ4v) is 2.32. The van der Waals surface area contributed by atoms with Crippen LogP contribution in [0.1, 0.15) is 32.1 Å². The molecular formula is C14H24N2O3. The van der Waals surface area contributed by atoms with Crippen LogP contribution in [0.2, 0.25) is 0 Å². The molecule has 1 aliphatic rings. The van der Waals surface area contributed by atoms with Gasteiger partial charge in [-0.3, -0.25) is 4.79 Å². The minimum Gasteiger partial charge on any atom is -0.478 e. The molecule has 0 aromatic rings. The summed E-state index contributed by atoms with van der Waals surface area (Å²) in [6.45, 7) is 1.68. The van der Waals surface area contributed by atoms with E-state index in [9.17, 15) is 9.59 Å². The van der Waals surface area contributed by atoms with Crippen LogP contribution in [0.25, 0.3) is 0 Å². The molecule has 0 bridgehead atoms. The van der Waals surface area contributed by atoms with Crippen molar-refractivity contribution < 1.29 is 14.7 Å². The molecule has 2 N–H and O–H groups in total. The minimum atomic E-state index is -0.887. The van der Waals surface area contributed by atoms with E-state index in [2.05, 4.69) is 10.2 Å². The maximum absolute atomic E-state index is 11.9. The Kier molecular flexibility index (Phi) is 6.56. The second kappa shape index (κ2) is 7.94. The van der Waals surface area contributed by atoms with Crippen molar-refractivity contribution in [2.75, 3.05) is 27.2 Å². The van der Waals surface area contributed by atoms with Crippen LogP contribution in [-0.4, -0.2) is 49.1 Å². The molecule has 0 aromatic carbocycles. The van der Waals surface area contributed by atoms with Gasteiger partial charge in [0.15, 0.2) is 0 Å². The van der Waals surface area contributed by atoms with Gasteiger partial charge in [-0.2, -0.15) is 0 Å². The number of amides is 1. The standard InChI is InChI=1S/C14H24N2O3/c1-16(2)9-3-8-15-14(19)12-6-4-11(5-7-12)10-13(17)18/h10,12H,3-9H2,1-2H3,(H,15,19)(H,17,18). The van der Waals surface area contributed by atoms with Crippen LogP contribution in [0, 0.1) is 5.92 Å². The van der Waals surface area contributed by atoms with Crippen molar-refractivity contribution in [3.8, 4) is 0 Å². The predicted molar refractivity (Wildman–Crippen MR) is 73.9 cm³/mol. The van der Waals surface area contributed by atoms with E-state index in [1.54, 1.807) is 0 Å². The molecule has 1 amide bonds. The third-order valence-electron chi connectivity index (χ3n) is 3.41.